The third-order valence-corrected chi connectivity index (χ3v) is 4.35. The number of fused-ring (bicyclic) bond motifs is 1. The van der Waals surface area contributed by atoms with Gasteiger partial charge in [0.15, 0.2) is 5.11 Å². The zero-order valence-electron chi connectivity index (χ0n) is 11.6. The van der Waals surface area contributed by atoms with Gasteiger partial charge in [-0.25, -0.2) is 0 Å². The fourth-order valence-electron chi connectivity index (χ4n) is 2.78. The summed E-state index contributed by atoms with van der Waals surface area (Å²) in [5.41, 5.74) is 3.61. The van der Waals surface area contributed by atoms with Crippen molar-refractivity contribution in [3.63, 3.8) is 0 Å². The van der Waals surface area contributed by atoms with E-state index in [1.165, 1.54) is 17.5 Å². The molecule has 0 bridgehead atoms. The van der Waals surface area contributed by atoms with Gasteiger partial charge in [-0.1, -0.05) is 48.0 Å². The molecule has 0 heterocycles. The minimum Gasteiger partial charge on any atom is -0.356 e. The maximum Gasteiger partial charge on any atom is 0.171 e. The molecule has 0 aromatic heterocycles. The number of anilines is 1. The molecule has 0 amide bonds. The van der Waals surface area contributed by atoms with Crippen molar-refractivity contribution in [3.05, 3.63) is 64.7 Å². The Hall–Kier alpha value is -1.58. The van der Waals surface area contributed by atoms with Crippen molar-refractivity contribution in [1.29, 1.82) is 0 Å². The zero-order valence-corrected chi connectivity index (χ0v) is 13.2. The van der Waals surface area contributed by atoms with Gasteiger partial charge in [-0.15, -0.1) is 0 Å². The van der Waals surface area contributed by atoms with E-state index in [9.17, 15) is 0 Å². The van der Waals surface area contributed by atoms with E-state index in [0.29, 0.717) is 10.1 Å². The van der Waals surface area contributed by atoms with E-state index in [-0.39, 0.29) is 6.04 Å². The van der Waals surface area contributed by atoms with Gasteiger partial charge in [0.1, 0.15) is 0 Å². The summed E-state index contributed by atoms with van der Waals surface area (Å²) >= 11 is 11.6. The number of hydrogen-bond donors (Lipinski definition) is 2. The molecule has 1 unspecified atom stereocenters. The monoisotopic (exact) mass is 316 g/mol. The average molecular weight is 317 g/mol. The quantitative estimate of drug-likeness (QED) is 0.785. The van der Waals surface area contributed by atoms with Crippen LogP contribution in [0.5, 0.6) is 0 Å². The molecule has 108 valence electrons. The van der Waals surface area contributed by atoms with E-state index in [2.05, 4.69) is 34.9 Å². The Kier molecular flexibility index (Phi) is 4.42. The summed E-state index contributed by atoms with van der Waals surface area (Å²) < 4.78 is 0. The summed E-state index contributed by atoms with van der Waals surface area (Å²) in [5.74, 6) is 0. The molecule has 0 fully saturated rings. The van der Waals surface area contributed by atoms with Crippen molar-refractivity contribution in [3.8, 4) is 0 Å². The predicted octanol–water partition coefficient (Wildman–Crippen LogP) is 4.70. The molecule has 1 aliphatic carbocycles. The molecule has 21 heavy (non-hydrogen) atoms. The number of rotatable bonds is 2. The number of nitrogens with one attached hydrogen (secondary N) is 2. The fourth-order valence-corrected chi connectivity index (χ4v) is 3.22. The second kappa shape index (κ2) is 6.46. The van der Waals surface area contributed by atoms with Crippen molar-refractivity contribution >= 4 is 34.6 Å². The normalized spacial score (nSPS) is 16.9. The standard InChI is InChI=1S/C17H17ClN2S/c18-14-9-3-4-10-16(14)20-17(21)19-15-11-5-7-12-6-1-2-8-13(12)15/h1-4,6,8-10,15H,5,7,11H2,(H2,19,20,21). The van der Waals surface area contributed by atoms with Crippen LogP contribution in [0.25, 0.3) is 0 Å². The van der Waals surface area contributed by atoms with E-state index in [1.54, 1.807) is 0 Å². The van der Waals surface area contributed by atoms with Gasteiger partial charge in [-0.2, -0.15) is 0 Å². The van der Waals surface area contributed by atoms with Gasteiger partial charge in [0.25, 0.3) is 0 Å². The van der Waals surface area contributed by atoms with Crippen LogP contribution < -0.4 is 10.6 Å². The van der Waals surface area contributed by atoms with E-state index in [0.717, 1.165) is 18.5 Å². The van der Waals surface area contributed by atoms with Crippen LogP contribution in [-0.4, -0.2) is 5.11 Å². The predicted molar refractivity (Wildman–Crippen MR) is 92.9 cm³/mol. The van der Waals surface area contributed by atoms with Gasteiger partial charge < -0.3 is 10.6 Å². The van der Waals surface area contributed by atoms with E-state index < -0.39 is 0 Å². The van der Waals surface area contributed by atoms with Crippen LogP contribution in [0.15, 0.2) is 48.5 Å². The molecule has 0 aliphatic heterocycles. The lowest BCUT2D eigenvalue weighted by Crippen LogP contribution is -2.34. The molecule has 0 radical (unpaired) electrons. The van der Waals surface area contributed by atoms with Crippen LogP contribution in [0, 0.1) is 0 Å². The van der Waals surface area contributed by atoms with Crippen LogP contribution in [0.2, 0.25) is 5.02 Å². The summed E-state index contributed by atoms with van der Waals surface area (Å²) in [5, 5.41) is 7.88. The maximum atomic E-state index is 6.14. The molecule has 2 nitrogen and oxygen atoms in total. The molecule has 2 aromatic rings. The highest BCUT2D eigenvalue weighted by molar-refractivity contribution is 7.80. The zero-order chi connectivity index (χ0) is 14.7. The Bertz CT molecular complexity index is 657. The minimum atomic E-state index is 0.275. The number of thiocarbonyl (C=S) groups is 1. The maximum absolute atomic E-state index is 6.14. The third kappa shape index (κ3) is 3.36. The van der Waals surface area contributed by atoms with Gasteiger partial charge in [-0.3, -0.25) is 0 Å². The lowest BCUT2D eigenvalue weighted by atomic mass is 9.88. The summed E-state index contributed by atoms with van der Waals surface area (Å²) in [6.45, 7) is 0. The van der Waals surface area contributed by atoms with Gasteiger partial charge in [0.2, 0.25) is 0 Å². The molecular formula is C17H17ClN2S. The first kappa shape index (κ1) is 14.4. The summed E-state index contributed by atoms with van der Waals surface area (Å²) in [4.78, 5) is 0. The van der Waals surface area contributed by atoms with Crippen LogP contribution >= 0.6 is 23.8 Å². The fraction of sp³-hybridized carbons (Fsp3) is 0.235. The largest absolute Gasteiger partial charge is 0.356 e. The molecule has 0 saturated heterocycles. The first-order valence-corrected chi connectivity index (χ1v) is 7.92. The Balaban J connectivity index is 1.70. The molecule has 3 rings (SSSR count). The molecular weight excluding hydrogens is 300 g/mol. The van der Waals surface area contributed by atoms with Crippen LogP contribution in [0.1, 0.15) is 30.0 Å². The van der Waals surface area contributed by atoms with Gasteiger partial charge >= 0.3 is 0 Å². The SMILES string of the molecule is S=C(Nc1ccccc1Cl)NC1CCCc2ccccc21. The Morgan fingerprint density at radius 2 is 1.86 bits per heavy atom. The number of halogens is 1. The van der Waals surface area contributed by atoms with E-state index >= 15 is 0 Å². The molecule has 0 saturated carbocycles. The lowest BCUT2D eigenvalue weighted by Gasteiger charge is -2.27. The van der Waals surface area contributed by atoms with Crippen molar-refractivity contribution in [2.24, 2.45) is 0 Å². The number of aryl methyl sites for hydroxylation is 1. The van der Waals surface area contributed by atoms with Gasteiger partial charge in [-0.05, 0) is 54.7 Å². The van der Waals surface area contributed by atoms with Crippen LogP contribution in [0.3, 0.4) is 0 Å². The molecule has 0 spiro atoms. The highest BCUT2D eigenvalue weighted by Gasteiger charge is 2.20. The summed E-state index contributed by atoms with van der Waals surface area (Å²) in [7, 11) is 0. The van der Waals surface area contributed by atoms with E-state index in [4.69, 9.17) is 23.8 Å². The highest BCUT2D eigenvalue weighted by Crippen LogP contribution is 2.29. The first-order chi connectivity index (χ1) is 10.2. The lowest BCUT2D eigenvalue weighted by molar-refractivity contribution is 0.529. The topological polar surface area (TPSA) is 24.1 Å². The molecule has 1 aliphatic rings. The van der Waals surface area contributed by atoms with Crippen molar-refractivity contribution in [2.45, 2.75) is 25.3 Å². The van der Waals surface area contributed by atoms with E-state index in [1.807, 2.05) is 24.3 Å². The summed E-state index contributed by atoms with van der Waals surface area (Å²) in [6, 6.07) is 16.5. The Morgan fingerprint density at radius 1 is 1.10 bits per heavy atom. The number of hydrogen-bond acceptors (Lipinski definition) is 1. The Morgan fingerprint density at radius 3 is 2.71 bits per heavy atom. The van der Waals surface area contributed by atoms with Crippen molar-refractivity contribution in [1.82, 2.24) is 5.32 Å². The number of benzene rings is 2. The minimum absolute atomic E-state index is 0.275. The second-order valence-corrected chi connectivity index (χ2v) is 6.04. The van der Waals surface area contributed by atoms with Crippen molar-refractivity contribution in [2.75, 3.05) is 5.32 Å². The average Bonchev–Trinajstić information content (AvgIpc) is 2.50. The van der Waals surface area contributed by atoms with Crippen LogP contribution in [0.4, 0.5) is 5.69 Å². The second-order valence-electron chi connectivity index (χ2n) is 5.22. The molecule has 2 N–H and O–H groups in total. The molecule has 1 atom stereocenters. The highest BCUT2D eigenvalue weighted by atomic mass is 35.5. The van der Waals surface area contributed by atoms with Gasteiger partial charge in [0.05, 0.1) is 16.8 Å². The molecule has 4 heteroatoms. The third-order valence-electron chi connectivity index (χ3n) is 3.80. The van der Waals surface area contributed by atoms with Crippen LogP contribution in [-0.2, 0) is 6.42 Å². The van der Waals surface area contributed by atoms with Crippen molar-refractivity contribution < 1.29 is 0 Å². The summed E-state index contributed by atoms with van der Waals surface area (Å²) in [6.07, 6.45) is 3.43. The molecule has 2 aromatic carbocycles. The Labute approximate surface area is 135 Å². The number of para-hydroxylation sites is 1. The van der Waals surface area contributed by atoms with Gasteiger partial charge in [0, 0.05) is 0 Å². The first-order valence-electron chi connectivity index (χ1n) is 7.14. The smallest absolute Gasteiger partial charge is 0.171 e.